The highest BCUT2D eigenvalue weighted by atomic mass is 31.1. The first-order valence-corrected chi connectivity index (χ1v) is 15.4. The predicted molar refractivity (Wildman–Crippen MR) is 170 cm³/mol. The van der Waals surface area contributed by atoms with Gasteiger partial charge in [0.25, 0.3) is 0 Å². The minimum Gasteiger partial charge on any atom is -0.497 e. The third kappa shape index (κ3) is 9.97. The Kier molecular flexibility index (Phi) is 14.3. The van der Waals surface area contributed by atoms with Crippen LogP contribution in [0.1, 0.15) is 52.7 Å². The van der Waals surface area contributed by atoms with Crippen LogP contribution in [0.5, 0.6) is 23.0 Å². The Morgan fingerprint density at radius 2 is 0.976 bits per heavy atom. The Bertz CT molecular complexity index is 1030. The van der Waals surface area contributed by atoms with E-state index in [-0.39, 0.29) is 24.4 Å². The van der Waals surface area contributed by atoms with Crippen molar-refractivity contribution in [1.82, 2.24) is 4.67 Å². The fourth-order valence-electron chi connectivity index (χ4n) is 4.31. The maximum absolute atomic E-state index is 6.46. The standard InChI is InChI=1S/C32H52NO8P/c1-31(2,3)25-17-23(36-11)19-27(29(25)40-21-38-15-13-34-9)42(33(7)8)28-20-24(37-12)18-26(32(4,5)6)30(28)41-22-39-16-14-35-10/h17-20H,13-16,21-22H2,1-12H3. The highest BCUT2D eigenvalue weighted by Gasteiger charge is 2.33. The summed E-state index contributed by atoms with van der Waals surface area (Å²) < 4.78 is 48.6. The van der Waals surface area contributed by atoms with Crippen LogP contribution in [0, 0.1) is 0 Å². The van der Waals surface area contributed by atoms with Gasteiger partial charge in [-0.25, -0.2) is 0 Å². The molecule has 0 aliphatic rings. The molecule has 10 heteroatoms. The summed E-state index contributed by atoms with van der Waals surface area (Å²) in [6.07, 6.45) is 0. The highest BCUT2D eigenvalue weighted by Crippen LogP contribution is 2.48. The lowest BCUT2D eigenvalue weighted by Gasteiger charge is -2.34. The first-order chi connectivity index (χ1) is 19.8. The minimum atomic E-state index is -1.21. The number of hydrogen-bond donors (Lipinski definition) is 0. The number of hydrogen-bond acceptors (Lipinski definition) is 9. The zero-order valence-corrected chi connectivity index (χ0v) is 28.6. The van der Waals surface area contributed by atoms with E-state index in [0.29, 0.717) is 26.4 Å². The molecule has 0 spiro atoms. The predicted octanol–water partition coefficient (Wildman–Crippen LogP) is 5.21. The molecule has 0 atom stereocenters. The van der Waals surface area contributed by atoms with Gasteiger partial charge in [0.2, 0.25) is 0 Å². The molecule has 2 aromatic carbocycles. The maximum Gasteiger partial charge on any atom is 0.189 e. The van der Waals surface area contributed by atoms with Gasteiger partial charge in [0, 0.05) is 44.0 Å². The van der Waals surface area contributed by atoms with E-state index in [4.69, 9.17) is 37.9 Å². The largest absolute Gasteiger partial charge is 0.497 e. The van der Waals surface area contributed by atoms with Crippen LogP contribution >= 0.6 is 8.07 Å². The van der Waals surface area contributed by atoms with E-state index in [2.05, 4.69) is 72.4 Å². The number of ether oxygens (including phenoxy) is 8. The second-order valence-electron chi connectivity index (χ2n) is 12.0. The molecule has 2 aromatic rings. The van der Waals surface area contributed by atoms with E-state index >= 15 is 0 Å². The topological polar surface area (TPSA) is 77.1 Å². The van der Waals surface area contributed by atoms with Gasteiger partial charge in [-0.3, -0.25) is 4.67 Å². The third-order valence-corrected chi connectivity index (χ3v) is 8.84. The van der Waals surface area contributed by atoms with Crippen LogP contribution < -0.4 is 29.6 Å². The molecular formula is C32H52NO8P. The van der Waals surface area contributed by atoms with E-state index < -0.39 is 8.07 Å². The number of nitrogens with zero attached hydrogens (tertiary/aromatic N) is 1. The van der Waals surface area contributed by atoms with E-state index in [1.807, 2.05) is 12.1 Å². The Morgan fingerprint density at radius 1 is 0.595 bits per heavy atom. The molecule has 0 heterocycles. The Labute approximate surface area is 254 Å². The lowest BCUT2D eigenvalue weighted by Crippen LogP contribution is -2.30. The van der Waals surface area contributed by atoms with Crippen molar-refractivity contribution in [2.75, 3.05) is 82.5 Å². The molecule has 0 amide bonds. The number of rotatable bonds is 17. The van der Waals surface area contributed by atoms with Crippen LogP contribution in [0.2, 0.25) is 0 Å². The Balaban J connectivity index is 2.85. The van der Waals surface area contributed by atoms with Gasteiger partial charge in [-0.15, -0.1) is 0 Å². The second kappa shape index (κ2) is 16.6. The number of methoxy groups -OCH3 is 4. The fourth-order valence-corrected chi connectivity index (χ4v) is 6.68. The molecule has 0 bridgehead atoms. The Hall–Kier alpha value is -2.13. The zero-order chi connectivity index (χ0) is 31.5. The van der Waals surface area contributed by atoms with Crippen molar-refractivity contribution in [2.45, 2.75) is 52.4 Å². The van der Waals surface area contributed by atoms with Crippen LogP contribution in [0.4, 0.5) is 0 Å². The first-order valence-electron chi connectivity index (χ1n) is 14.1. The maximum atomic E-state index is 6.46. The summed E-state index contributed by atoms with van der Waals surface area (Å²) in [5.41, 5.74) is 1.56. The van der Waals surface area contributed by atoms with Crippen LogP contribution in [-0.2, 0) is 29.8 Å². The summed E-state index contributed by atoms with van der Waals surface area (Å²) in [5.74, 6) is 3.04. The van der Waals surface area contributed by atoms with Gasteiger partial charge in [0.05, 0.1) is 40.6 Å². The minimum absolute atomic E-state index is 0.0877. The van der Waals surface area contributed by atoms with Crippen molar-refractivity contribution < 1.29 is 37.9 Å². The van der Waals surface area contributed by atoms with Crippen molar-refractivity contribution in [2.24, 2.45) is 0 Å². The van der Waals surface area contributed by atoms with Gasteiger partial charge < -0.3 is 37.9 Å². The van der Waals surface area contributed by atoms with Gasteiger partial charge >= 0.3 is 0 Å². The first kappa shape index (κ1) is 36.1. The van der Waals surface area contributed by atoms with Crippen LogP contribution in [0.3, 0.4) is 0 Å². The van der Waals surface area contributed by atoms with E-state index in [1.165, 1.54) is 0 Å². The van der Waals surface area contributed by atoms with Crippen molar-refractivity contribution in [3.63, 3.8) is 0 Å². The van der Waals surface area contributed by atoms with Crippen LogP contribution in [0.25, 0.3) is 0 Å². The third-order valence-electron chi connectivity index (χ3n) is 6.47. The normalized spacial score (nSPS) is 12.2. The molecule has 0 saturated carbocycles. The molecule has 0 aromatic heterocycles. The SMILES string of the molecule is COCCOCOc1c(P(c2cc(OC)cc(C(C)(C)C)c2OCOCCOC)N(C)C)cc(OC)cc1C(C)(C)C. The summed E-state index contributed by atoms with van der Waals surface area (Å²) in [4.78, 5) is 0. The molecule has 0 radical (unpaired) electrons. The molecule has 42 heavy (non-hydrogen) atoms. The van der Waals surface area contributed by atoms with Crippen molar-refractivity contribution >= 4 is 18.7 Å². The summed E-state index contributed by atoms with van der Waals surface area (Å²) in [6.45, 7) is 15.0. The van der Waals surface area contributed by atoms with Crippen molar-refractivity contribution in [1.29, 1.82) is 0 Å². The lowest BCUT2D eigenvalue weighted by molar-refractivity contribution is -0.00875. The summed E-state index contributed by atoms with van der Waals surface area (Å²) in [6, 6.07) is 8.20. The quantitative estimate of drug-likeness (QED) is 0.137. The molecule has 0 aliphatic heterocycles. The molecular weight excluding hydrogens is 557 g/mol. The fraction of sp³-hybridized carbons (Fsp3) is 0.625. The van der Waals surface area contributed by atoms with Gasteiger partial charge in [0.1, 0.15) is 23.0 Å². The van der Waals surface area contributed by atoms with Crippen molar-refractivity contribution in [3.8, 4) is 23.0 Å². The summed E-state index contributed by atoms with van der Waals surface area (Å²) in [5, 5.41) is 1.96. The molecule has 0 unspecified atom stereocenters. The van der Waals surface area contributed by atoms with E-state index in [9.17, 15) is 0 Å². The van der Waals surface area contributed by atoms with Crippen LogP contribution in [0.15, 0.2) is 24.3 Å². The highest BCUT2D eigenvalue weighted by molar-refractivity contribution is 7.71. The Morgan fingerprint density at radius 3 is 1.26 bits per heavy atom. The molecule has 0 aliphatic carbocycles. The average molecular weight is 610 g/mol. The molecule has 9 nitrogen and oxygen atoms in total. The molecule has 0 saturated heterocycles. The lowest BCUT2D eigenvalue weighted by atomic mass is 9.86. The monoisotopic (exact) mass is 609 g/mol. The molecule has 0 N–H and O–H groups in total. The summed E-state index contributed by atoms with van der Waals surface area (Å²) >= 11 is 0. The van der Waals surface area contributed by atoms with Crippen molar-refractivity contribution in [3.05, 3.63) is 35.4 Å². The summed E-state index contributed by atoms with van der Waals surface area (Å²) in [7, 11) is 9.59. The number of benzene rings is 2. The van der Waals surface area contributed by atoms with Gasteiger partial charge in [-0.1, -0.05) is 41.5 Å². The van der Waals surface area contributed by atoms with E-state index in [1.54, 1.807) is 28.4 Å². The van der Waals surface area contributed by atoms with Gasteiger partial charge in [0.15, 0.2) is 13.6 Å². The van der Waals surface area contributed by atoms with E-state index in [0.717, 1.165) is 44.7 Å². The van der Waals surface area contributed by atoms with Gasteiger partial charge in [-0.05, 0) is 49.2 Å². The average Bonchev–Trinajstić information content (AvgIpc) is 2.92. The van der Waals surface area contributed by atoms with Gasteiger partial charge in [-0.2, -0.15) is 0 Å². The molecule has 0 fully saturated rings. The zero-order valence-electron chi connectivity index (χ0n) is 27.7. The molecule has 238 valence electrons. The van der Waals surface area contributed by atoms with Crippen LogP contribution in [-0.4, -0.2) is 87.2 Å². The smallest absolute Gasteiger partial charge is 0.189 e. The molecule has 2 rings (SSSR count). The second-order valence-corrected chi connectivity index (χ2v) is 14.4.